The summed E-state index contributed by atoms with van der Waals surface area (Å²) in [6.45, 7) is 2.89. The summed E-state index contributed by atoms with van der Waals surface area (Å²) in [5.41, 5.74) is -0.569. The molecule has 0 bridgehead atoms. The van der Waals surface area contributed by atoms with Crippen LogP contribution in [0.25, 0.3) is 0 Å². The standard InChI is InChI=1S/C16H26N2O2/c1-12-10-14(19)17-16(8-4-5-9-16)15(20)18(12)11-13-6-2-3-7-13/h12-13H,2-11H2,1H3,(H,17,19). The van der Waals surface area contributed by atoms with E-state index in [1.807, 2.05) is 11.8 Å². The second-order valence-electron chi connectivity index (χ2n) is 7.00. The van der Waals surface area contributed by atoms with Gasteiger partial charge in [0.2, 0.25) is 11.8 Å². The Kier molecular flexibility index (Phi) is 3.74. The molecule has 1 heterocycles. The van der Waals surface area contributed by atoms with Crippen molar-refractivity contribution in [2.75, 3.05) is 6.54 Å². The van der Waals surface area contributed by atoms with Gasteiger partial charge in [-0.3, -0.25) is 9.59 Å². The molecule has 1 aliphatic heterocycles. The lowest BCUT2D eigenvalue weighted by Gasteiger charge is -2.35. The quantitative estimate of drug-likeness (QED) is 0.842. The summed E-state index contributed by atoms with van der Waals surface area (Å²) < 4.78 is 0. The fourth-order valence-corrected chi connectivity index (χ4v) is 4.28. The second kappa shape index (κ2) is 5.38. The van der Waals surface area contributed by atoms with E-state index in [0.717, 1.165) is 32.2 Å². The van der Waals surface area contributed by atoms with Gasteiger partial charge in [-0.1, -0.05) is 25.7 Å². The number of carbonyl (C=O) groups excluding carboxylic acids is 2. The first-order chi connectivity index (χ1) is 9.61. The maximum absolute atomic E-state index is 13.0. The highest BCUT2D eigenvalue weighted by Gasteiger charge is 2.48. The molecule has 0 aromatic carbocycles. The van der Waals surface area contributed by atoms with Gasteiger partial charge in [-0.05, 0) is 38.5 Å². The van der Waals surface area contributed by atoms with Gasteiger partial charge in [0.05, 0.1) is 0 Å². The summed E-state index contributed by atoms with van der Waals surface area (Å²) in [5, 5.41) is 3.06. The predicted octanol–water partition coefficient (Wildman–Crippen LogP) is 2.23. The van der Waals surface area contributed by atoms with Gasteiger partial charge >= 0.3 is 0 Å². The second-order valence-corrected chi connectivity index (χ2v) is 7.00. The highest BCUT2D eigenvalue weighted by molar-refractivity contribution is 5.94. The first kappa shape index (κ1) is 13.9. The molecule has 0 aromatic rings. The summed E-state index contributed by atoms with van der Waals surface area (Å²) in [6, 6.07) is 0.0445. The van der Waals surface area contributed by atoms with Crippen LogP contribution in [0.1, 0.15) is 64.7 Å². The van der Waals surface area contributed by atoms with E-state index in [1.54, 1.807) is 0 Å². The highest BCUT2D eigenvalue weighted by atomic mass is 16.2. The minimum Gasteiger partial charge on any atom is -0.342 e. The zero-order valence-corrected chi connectivity index (χ0v) is 12.5. The summed E-state index contributed by atoms with van der Waals surface area (Å²) in [4.78, 5) is 27.1. The molecular formula is C16H26N2O2. The van der Waals surface area contributed by atoms with Crippen LogP contribution in [0.4, 0.5) is 0 Å². The topological polar surface area (TPSA) is 49.4 Å². The molecular weight excluding hydrogens is 252 g/mol. The van der Waals surface area contributed by atoms with Crippen LogP contribution in [0.2, 0.25) is 0 Å². The lowest BCUT2D eigenvalue weighted by molar-refractivity contribution is -0.140. The van der Waals surface area contributed by atoms with Gasteiger partial charge in [0.15, 0.2) is 0 Å². The molecule has 0 aromatic heterocycles. The Labute approximate surface area is 121 Å². The normalized spacial score (nSPS) is 30.9. The Hall–Kier alpha value is -1.06. The number of rotatable bonds is 2. The molecule has 4 nitrogen and oxygen atoms in total. The lowest BCUT2D eigenvalue weighted by Crippen LogP contribution is -2.56. The van der Waals surface area contributed by atoms with Crippen molar-refractivity contribution < 1.29 is 9.59 Å². The third-order valence-corrected chi connectivity index (χ3v) is 5.45. The van der Waals surface area contributed by atoms with Gasteiger partial charge in [0.1, 0.15) is 5.54 Å². The van der Waals surface area contributed by atoms with Crippen LogP contribution in [0.15, 0.2) is 0 Å². The maximum atomic E-state index is 13.0. The Morgan fingerprint density at radius 1 is 1.15 bits per heavy atom. The van der Waals surface area contributed by atoms with Crippen molar-refractivity contribution in [3.05, 3.63) is 0 Å². The predicted molar refractivity (Wildman–Crippen MR) is 77.1 cm³/mol. The number of carbonyl (C=O) groups is 2. The van der Waals surface area contributed by atoms with Crippen LogP contribution in [0.3, 0.4) is 0 Å². The van der Waals surface area contributed by atoms with E-state index in [4.69, 9.17) is 0 Å². The molecule has 112 valence electrons. The SMILES string of the molecule is CC1CC(=O)NC2(CCCC2)C(=O)N1CC1CCCC1. The average Bonchev–Trinajstić information content (AvgIpc) is 3.04. The number of hydrogen-bond acceptors (Lipinski definition) is 2. The molecule has 1 unspecified atom stereocenters. The maximum Gasteiger partial charge on any atom is 0.248 e. The zero-order valence-electron chi connectivity index (χ0n) is 12.5. The van der Waals surface area contributed by atoms with Gasteiger partial charge in [-0.25, -0.2) is 0 Å². The number of amides is 2. The molecule has 1 saturated heterocycles. The minimum absolute atomic E-state index is 0.0445. The summed E-state index contributed by atoms with van der Waals surface area (Å²) in [7, 11) is 0. The molecule has 1 atom stereocenters. The van der Waals surface area contributed by atoms with Crippen LogP contribution in [-0.4, -0.2) is 34.8 Å². The zero-order chi connectivity index (χ0) is 14.2. The average molecular weight is 278 g/mol. The van der Waals surface area contributed by atoms with Gasteiger partial charge < -0.3 is 10.2 Å². The summed E-state index contributed by atoms with van der Waals surface area (Å²) in [6.07, 6.45) is 9.29. The molecule has 0 radical (unpaired) electrons. The van der Waals surface area contributed by atoms with Crippen LogP contribution < -0.4 is 5.32 Å². The molecule has 2 amide bonds. The smallest absolute Gasteiger partial charge is 0.248 e. The Balaban J connectivity index is 1.81. The number of nitrogens with zero attached hydrogens (tertiary/aromatic N) is 1. The molecule has 2 saturated carbocycles. The minimum atomic E-state index is -0.569. The Bertz CT molecular complexity index is 395. The van der Waals surface area contributed by atoms with Crippen LogP contribution in [-0.2, 0) is 9.59 Å². The number of nitrogens with one attached hydrogen (secondary N) is 1. The van der Waals surface area contributed by atoms with Crippen molar-refractivity contribution in [3.63, 3.8) is 0 Å². The molecule has 4 heteroatoms. The first-order valence-corrected chi connectivity index (χ1v) is 8.23. The van der Waals surface area contributed by atoms with Gasteiger partial charge in [0, 0.05) is 19.0 Å². The van der Waals surface area contributed by atoms with E-state index in [2.05, 4.69) is 5.32 Å². The third kappa shape index (κ3) is 2.45. The fraction of sp³-hybridized carbons (Fsp3) is 0.875. The largest absolute Gasteiger partial charge is 0.342 e. The lowest BCUT2D eigenvalue weighted by atomic mass is 9.94. The van der Waals surface area contributed by atoms with E-state index in [1.165, 1.54) is 25.7 Å². The van der Waals surface area contributed by atoms with Crippen molar-refractivity contribution >= 4 is 11.8 Å². The fourth-order valence-electron chi connectivity index (χ4n) is 4.28. The van der Waals surface area contributed by atoms with E-state index in [9.17, 15) is 9.59 Å². The van der Waals surface area contributed by atoms with Crippen molar-refractivity contribution in [1.82, 2.24) is 10.2 Å². The summed E-state index contributed by atoms with van der Waals surface area (Å²) in [5.74, 6) is 0.898. The van der Waals surface area contributed by atoms with Crippen LogP contribution >= 0.6 is 0 Å². The monoisotopic (exact) mass is 278 g/mol. The Morgan fingerprint density at radius 3 is 2.45 bits per heavy atom. The molecule has 2 aliphatic carbocycles. The van der Waals surface area contributed by atoms with E-state index >= 15 is 0 Å². The Morgan fingerprint density at radius 2 is 1.80 bits per heavy atom. The highest BCUT2D eigenvalue weighted by Crippen LogP contribution is 2.35. The van der Waals surface area contributed by atoms with Crippen molar-refractivity contribution in [2.45, 2.75) is 76.3 Å². The van der Waals surface area contributed by atoms with Crippen molar-refractivity contribution in [2.24, 2.45) is 5.92 Å². The van der Waals surface area contributed by atoms with Gasteiger partial charge in [-0.15, -0.1) is 0 Å². The van der Waals surface area contributed by atoms with Gasteiger partial charge in [0.25, 0.3) is 0 Å². The van der Waals surface area contributed by atoms with Gasteiger partial charge in [-0.2, -0.15) is 0 Å². The van der Waals surface area contributed by atoms with Crippen molar-refractivity contribution in [1.29, 1.82) is 0 Å². The molecule has 20 heavy (non-hydrogen) atoms. The summed E-state index contributed by atoms with van der Waals surface area (Å²) >= 11 is 0. The third-order valence-electron chi connectivity index (χ3n) is 5.45. The van der Waals surface area contributed by atoms with E-state index in [-0.39, 0.29) is 17.9 Å². The number of hydrogen-bond donors (Lipinski definition) is 1. The van der Waals surface area contributed by atoms with E-state index < -0.39 is 5.54 Å². The molecule has 1 N–H and O–H groups in total. The van der Waals surface area contributed by atoms with E-state index in [0.29, 0.717) is 12.3 Å². The first-order valence-electron chi connectivity index (χ1n) is 8.23. The van der Waals surface area contributed by atoms with Crippen molar-refractivity contribution in [3.8, 4) is 0 Å². The van der Waals surface area contributed by atoms with Crippen LogP contribution in [0, 0.1) is 5.92 Å². The molecule has 3 aliphatic rings. The molecule has 1 spiro atoms. The molecule has 3 rings (SSSR count). The van der Waals surface area contributed by atoms with Crippen LogP contribution in [0.5, 0.6) is 0 Å². The molecule has 3 fully saturated rings.